The maximum atomic E-state index is 14.2. The smallest absolute Gasteiger partial charge is 0.228 e. The topological polar surface area (TPSA) is 79.8 Å². The molecule has 0 bridgehead atoms. The maximum absolute atomic E-state index is 14.2. The SMILES string of the molecule is O=C(CCCS(=O)(=O)c1ccc(F)cc1)N(CCCN1CCOCC1)c1nc2c(F)cc(F)cc2s1. The van der Waals surface area contributed by atoms with Gasteiger partial charge in [-0.2, -0.15) is 0 Å². The highest BCUT2D eigenvalue weighted by Crippen LogP contribution is 2.32. The van der Waals surface area contributed by atoms with Gasteiger partial charge >= 0.3 is 0 Å². The summed E-state index contributed by atoms with van der Waals surface area (Å²) >= 11 is 1.01. The van der Waals surface area contributed by atoms with Crippen LogP contribution in [-0.2, 0) is 19.4 Å². The second-order valence-electron chi connectivity index (χ2n) is 8.46. The van der Waals surface area contributed by atoms with E-state index in [1.165, 1.54) is 23.1 Å². The summed E-state index contributed by atoms with van der Waals surface area (Å²) in [5.74, 6) is -2.72. The van der Waals surface area contributed by atoms with Crippen LogP contribution in [0.15, 0.2) is 41.3 Å². The molecule has 1 saturated heterocycles. The Hall–Kier alpha value is -2.54. The Labute approximate surface area is 211 Å². The number of ether oxygens (including phenoxy) is 1. The van der Waals surface area contributed by atoms with Crippen LogP contribution in [0.1, 0.15) is 19.3 Å². The van der Waals surface area contributed by atoms with E-state index in [0.717, 1.165) is 49.2 Å². The summed E-state index contributed by atoms with van der Waals surface area (Å²) in [6.45, 7) is 3.90. The number of thiazole rings is 1. The molecule has 3 aromatic rings. The van der Waals surface area contributed by atoms with Gasteiger partial charge in [0.2, 0.25) is 5.91 Å². The van der Waals surface area contributed by atoms with Crippen molar-refractivity contribution in [1.29, 1.82) is 0 Å². The lowest BCUT2D eigenvalue weighted by Gasteiger charge is -2.27. The molecule has 0 N–H and O–H groups in total. The number of morpholine rings is 1. The van der Waals surface area contributed by atoms with Gasteiger partial charge in [0.15, 0.2) is 20.8 Å². The van der Waals surface area contributed by atoms with Crippen molar-refractivity contribution >= 4 is 42.4 Å². The highest BCUT2D eigenvalue weighted by molar-refractivity contribution is 7.91. The van der Waals surface area contributed by atoms with E-state index in [4.69, 9.17) is 4.74 Å². The zero-order valence-electron chi connectivity index (χ0n) is 19.5. The fourth-order valence-electron chi connectivity index (χ4n) is 3.97. The lowest BCUT2D eigenvalue weighted by molar-refractivity contribution is -0.118. The molecule has 0 radical (unpaired) electrons. The van der Waals surface area contributed by atoms with Crippen molar-refractivity contribution in [1.82, 2.24) is 9.88 Å². The number of amides is 1. The van der Waals surface area contributed by atoms with Crippen LogP contribution in [0.2, 0.25) is 0 Å². The van der Waals surface area contributed by atoms with Gasteiger partial charge in [0.05, 0.1) is 28.6 Å². The van der Waals surface area contributed by atoms with Gasteiger partial charge in [0.25, 0.3) is 0 Å². The van der Waals surface area contributed by atoms with Crippen molar-refractivity contribution in [3.63, 3.8) is 0 Å². The van der Waals surface area contributed by atoms with E-state index in [1.54, 1.807) is 0 Å². The Kier molecular flexibility index (Phi) is 8.60. The minimum absolute atomic E-state index is 0.0117. The van der Waals surface area contributed by atoms with Gasteiger partial charge in [-0.15, -0.1) is 0 Å². The molecular weight excluding hydrogens is 515 g/mol. The average molecular weight is 542 g/mol. The van der Waals surface area contributed by atoms with Gasteiger partial charge in [-0.3, -0.25) is 14.6 Å². The molecule has 0 aliphatic carbocycles. The Balaban J connectivity index is 1.45. The van der Waals surface area contributed by atoms with E-state index < -0.39 is 27.3 Å². The minimum atomic E-state index is -3.69. The summed E-state index contributed by atoms with van der Waals surface area (Å²) in [5.41, 5.74) is -0.0127. The number of rotatable bonds is 10. The van der Waals surface area contributed by atoms with Crippen molar-refractivity contribution < 1.29 is 31.1 Å². The van der Waals surface area contributed by atoms with Crippen molar-refractivity contribution in [3.05, 3.63) is 53.8 Å². The number of hydrogen-bond acceptors (Lipinski definition) is 7. The number of benzene rings is 2. The largest absolute Gasteiger partial charge is 0.379 e. The van der Waals surface area contributed by atoms with Crippen LogP contribution in [0.5, 0.6) is 0 Å². The Morgan fingerprint density at radius 1 is 1.06 bits per heavy atom. The third-order valence-electron chi connectivity index (χ3n) is 5.87. The summed E-state index contributed by atoms with van der Waals surface area (Å²) in [6.07, 6.45) is 0.587. The maximum Gasteiger partial charge on any atom is 0.228 e. The predicted octanol–water partition coefficient (Wildman–Crippen LogP) is 4.02. The predicted molar refractivity (Wildman–Crippen MR) is 131 cm³/mol. The zero-order chi connectivity index (χ0) is 25.7. The molecule has 0 unspecified atom stereocenters. The number of halogens is 3. The first-order valence-electron chi connectivity index (χ1n) is 11.6. The van der Waals surface area contributed by atoms with Crippen LogP contribution in [0.25, 0.3) is 10.2 Å². The van der Waals surface area contributed by atoms with Gasteiger partial charge in [-0.25, -0.2) is 26.6 Å². The molecule has 1 fully saturated rings. The Morgan fingerprint density at radius 2 is 1.78 bits per heavy atom. The van der Waals surface area contributed by atoms with E-state index in [2.05, 4.69) is 9.88 Å². The van der Waals surface area contributed by atoms with Crippen molar-refractivity contribution in [3.8, 4) is 0 Å². The Bertz CT molecular complexity index is 1310. The quantitative estimate of drug-likeness (QED) is 0.361. The van der Waals surface area contributed by atoms with Crippen molar-refractivity contribution in [2.45, 2.75) is 24.2 Å². The molecular formula is C24H26F3N3O4S2. The van der Waals surface area contributed by atoms with Gasteiger partial charge in [-0.05, 0) is 43.2 Å². The molecule has 7 nitrogen and oxygen atoms in total. The average Bonchev–Trinajstić information content (AvgIpc) is 3.26. The van der Waals surface area contributed by atoms with E-state index in [9.17, 15) is 26.4 Å². The molecule has 1 aliphatic rings. The fourth-order valence-corrected chi connectivity index (χ4v) is 6.33. The molecule has 0 spiro atoms. The summed E-state index contributed by atoms with van der Waals surface area (Å²) in [5, 5.41) is 0.239. The molecule has 1 aliphatic heterocycles. The van der Waals surface area contributed by atoms with Crippen molar-refractivity contribution in [2.24, 2.45) is 0 Å². The van der Waals surface area contributed by atoms with Crippen molar-refractivity contribution in [2.75, 3.05) is 50.0 Å². The number of aromatic nitrogens is 1. The first kappa shape index (κ1) is 26.5. The van der Waals surface area contributed by atoms with Crippen LogP contribution in [-0.4, -0.2) is 69.4 Å². The molecule has 36 heavy (non-hydrogen) atoms. The molecule has 1 aromatic heterocycles. The fraction of sp³-hybridized carbons (Fsp3) is 0.417. The molecule has 2 aromatic carbocycles. The number of anilines is 1. The third-order valence-corrected chi connectivity index (χ3v) is 8.71. The van der Waals surface area contributed by atoms with Crippen LogP contribution < -0.4 is 4.90 Å². The summed E-state index contributed by atoms with van der Waals surface area (Å²) < 4.78 is 71.8. The first-order chi connectivity index (χ1) is 17.2. The minimum Gasteiger partial charge on any atom is -0.379 e. The Morgan fingerprint density at radius 3 is 2.50 bits per heavy atom. The van der Waals surface area contributed by atoms with Gasteiger partial charge < -0.3 is 4.74 Å². The number of carbonyl (C=O) groups excluding carboxylic acids is 1. The number of nitrogens with zero attached hydrogens (tertiary/aromatic N) is 3. The highest BCUT2D eigenvalue weighted by Gasteiger charge is 2.23. The number of sulfone groups is 1. The molecule has 4 rings (SSSR count). The van der Waals surface area contributed by atoms with Crippen LogP contribution in [0.3, 0.4) is 0 Å². The first-order valence-corrected chi connectivity index (χ1v) is 14.0. The molecule has 12 heteroatoms. The molecule has 0 saturated carbocycles. The number of fused-ring (bicyclic) bond motifs is 1. The zero-order valence-corrected chi connectivity index (χ0v) is 21.1. The van der Waals surface area contributed by atoms with Crippen LogP contribution in [0.4, 0.5) is 18.3 Å². The van der Waals surface area contributed by atoms with E-state index in [1.807, 2.05) is 0 Å². The highest BCUT2D eigenvalue weighted by atomic mass is 32.2. The van der Waals surface area contributed by atoms with Gasteiger partial charge in [0.1, 0.15) is 17.2 Å². The standard InChI is InChI=1S/C24H26F3N3O4S2/c25-17-4-6-19(7-5-17)36(32,33)14-1-3-22(31)30(9-2-8-29-10-12-34-13-11-29)24-28-23-20(27)15-18(26)16-21(23)35-24/h4-7,15-16H,1-3,8-14H2. The number of hydrogen-bond donors (Lipinski definition) is 0. The second kappa shape index (κ2) is 11.7. The van der Waals surface area contributed by atoms with Gasteiger partial charge in [-0.1, -0.05) is 11.3 Å². The summed E-state index contributed by atoms with van der Waals surface area (Å²) in [4.78, 5) is 21.0. The summed E-state index contributed by atoms with van der Waals surface area (Å²) in [7, 11) is -3.69. The molecule has 1 amide bonds. The van der Waals surface area contributed by atoms with E-state index in [0.29, 0.717) is 26.2 Å². The molecule has 194 valence electrons. The molecule has 0 atom stereocenters. The van der Waals surface area contributed by atoms with Gasteiger partial charge in [0, 0.05) is 38.7 Å². The normalized spacial score (nSPS) is 14.9. The summed E-state index contributed by atoms with van der Waals surface area (Å²) in [6, 6.07) is 6.45. The lowest BCUT2D eigenvalue weighted by Crippen LogP contribution is -2.39. The van der Waals surface area contributed by atoms with E-state index >= 15 is 0 Å². The second-order valence-corrected chi connectivity index (χ2v) is 11.6. The lowest BCUT2D eigenvalue weighted by atomic mass is 10.2. The monoisotopic (exact) mass is 541 g/mol. The number of carbonyl (C=O) groups is 1. The van der Waals surface area contributed by atoms with Crippen LogP contribution >= 0.6 is 11.3 Å². The molecule has 2 heterocycles. The third kappa shape index (κ3) is 6.61. The van der Waals surface area contributed by atoms with E-state index in [-0.39, 0.29) is 44.7 Å². The van der Waals surface area contributed by atoms with Crippen LogP contribution in [0, 0.1) is 17.5 Å².